The fourth-order valence-corrected chi connectivity index (χ4v) is 5.18. The van der Waals surface area contributed by atoms with Gasteiger partial charge < -0.3 is 5.32 Å². The van der Waals surface area contributed by atoms with E-state index in [-0.39, 0.29) is 24.4 Å². The minimum absolute atomic E-state index is 0.0405. The van der Waals surface area contributed by atoms with Gasteiger partial charge in [0.15, 0.2) is 0 Å². The minimum atomic E-state index is -3.76. The summed E-state index contributed by atoms with van der Waals surface area (Å²) in [4.78, 5) is 12.5. The molecule has 1 aromatic rings. The molecule has 1 aromatic carbocycles. The van der Waals surface area contributed by atoms with Crippen LogP contribution in [0.15, 0.2) is 24.3 Å². The van der Waals surface area contributed by atoms with Gasteiger partial charge in [-0.3, -0.25) is 9.10 Å². The lowest BCUT2D eigenvalue weighted by Crippen LogP contribution is -2.50. The second-order valence-electron chi connectivity index (χ2n) is 7.14. The Hall–Kier alpha value is -1.67. The molecule has 1 N–H and O–H groups in total. The van der Waals surface area contributed by atoms with Crippen LogP contribution in [0.4, 0.5) is 10.1 Å². The Labute approximate surface area is 154 Å². The monoisotopic (exact) mass is 383 g/mol. The van der Waals surface area contributed by atoms with Crippen molar-refractivity contribution in [2.75, 3.05) is 24.4 Å². The summed E-state index contributed by atoms with van der Waals surface area (Å²) in [5.74, 6) is -0.775. The number of anilines is 1. The molecule has 8 heteroatoms. The summed E-state index contributed by atoms with van der Waals surface area (Å²) in [6, 6.07) is 5.56. The molecule has 2 fully saturated rings. The highest BCUT2D eigenvalue weighted by Gasteiger charge is 2.35. The van der Waals surface area contributed by atoms with Gasteiger partial charge >= 0.3 is 10.2 Å². The van der Waals surface area contributed by atoms with Crippen molar-refractivity contribution in [3.8, 4) is 0 Å². The van der Waals surface area contributed by atoms with E-state index < -0.39 is 16.0 Å². The van der Waals surface area contributed by atoms with Crippen LogP contribution in [0.1, 0.15) is 38.5 Å². The van der Waals surface area contributed by atoms with E-state index in [1.165, 1.54) is 35.6 Å². The van der Waals surface area contributed by atoms with Crippen LogP contribution in [0, 0.1) is 11.7 Å². The van der Waals surface area contributed by atoms with E-state index in [1.807, 2.05) is 0 Å². The van der Waals surface area contributed by atoms with E-state index in [2.05, 4.69) is 5.32 Å². The topological polar surface area (TPSA) is 69.7 Å². The number of nitrogens with one attached hydrogen (secondary N) is 1. The smallest absolute Gasteiger partial charge is 0.303 e. The second-order valence-corrected chi connectivity index (χ2v) is 9.10. The van der Waals surface area contributed by atoms with E-state index in [9.17, 15) is 17.6 Å². The maximum absolute atomic E-state index is 13.1. The first-order valence-corrected chi connectivity index (χ1v) is 10.6. The molecule has 1 aliphatic carbocycles. The van der Waals surface area contributed by atoms with Crippen LogP contribution in [0.5, 0.6) is 0 Å². The number of benzene rings is 1. The summed E-state index contributed by atoms with van der Waals surface area (Å²) in [6.45, 7) is 0.577. The van der Waals surface area contributed by atoms with Crippen LogP contribution in [0.3, 0.4) is 0 Å². The number of amides is 1. The number of nitrogens with zero attached hydrogens (tertiary/aromatic N) is 2. The van der Waals surface area contributed by atoms with Gasteiger partial charge in [0.25, 0.3) is 0 Å². The summed E-state index contributed by atoms with van der Waals surface area (Å²) < 4.78 is 41.4. The van der Waals surface area contributed by atoms with E-state index in [0.717, 1.165) is 30.0 Å². The van der Waals surface area contributed by atoms with Crippen molar-refractivity contribution in [3.63, 3.8) is 0 Å². The summed E-state index contributed by atoms with van der Waals surface area (Å²) in [5.41, 5.74) is 0.393. The third kappa shape index (κ3) is 4.17. The molecule has 0 aromatic heterocycles. The van der Waals surface area contributed by atoms with Gasteiger partial charge in [0, 0.05) is 26.2 Å². The zero-order valence-corrected chi connectivity index (χ0v) is 15.8. The molecule has 0 bridgehead atoms. The maximum atomic E-state index is 13.1. The molecule has 6 nitrogen and oxygen atoms in total. The van der Waals surface area contributed by atoms with E-state index in [4.69, 9.17) is 0 Å². The SMILES string of the molecule is CN(c1ccc(F)cc1)S(=O)(=O)N1CCC[C@@H](C(=O)NC2CCCC2)C1. The van der Waals surface area contributed by atoms with Crippen LogP contribution < -0.4 is 9.62 Å². The quantitative estimate of drug-likeness (QED) is 0.848. The number of carbonyl (C=O) groups excluding carboxylic acids is 1. The molecule has 1 heterocycles. The fourth-order valence-electron chi connectivity index (χ4n) is 3.71. The van der Waals surface area contributed by atoms with Crippen molar-refractivity contribution in [2.45, 2.75) is 44.6 Å². The second kappa shape index (κ2) is 7.92. The first-order chi connectivity index (χ1) is 12.4. The molecule has 1 amide bonds. The first-order valence-electron chi connectivity index (χ1n) is 9.18. The normalized spacial score (nSPS) is 22.3. The van der Waals surface area contributed by atoms with Gasteiger partial charge in [-0.1, -0.05) is 12.8 Å². The average molecular weight is 383 g/mol. The number of hydrogen-bond acceptors (Lipinski definition) is 3. The van der Waals surface area contributed by atoms with E-state index in [1.54, 1.807) is 0 Å². The van der Waals surface area contributed by atoms with Crippen molar-refractivity contribution in [3.05, 3.63) is 30.1 Å². The number of carbonyl (C=O) groups is 1. The molecular formula is C18H26FN3O3S. The summed E-state index contributed by atoms with van der Waals surface area (Å²) >= 11 is 0. The van der Waals surface area contributed by atoms with Gasteiger partial charge in [0.2, 0.25) is 5.91 Å². The lowest BCUT2D eigenvalue weighted by Gasteiger charge is -2.34. The van der Waals surface area contributed by atoms with Gasteiger partial charge in [0.1, 0.15) is 5.82 Å². The Kier molecular flexibility index (Phi) is 5.82. The highest BCUT2D eigenvalue weighted by atomic mass is 32.2. The zero-order valence-electron chi connectivity index (χ0n) is 15.0. The number of halogens is 1. The average Bonchev–Trinajstić information content (AvgIpc) is 3.15. The van der Waals surface area contributed by atoms with Crippen molar-refractivity contribution < 1.29 is 17.6 Å². The molecule has 144 valence electrons. The summed E-state index contributed by atoms with van der Waals surface area (Å²) in [7, 11) is -2.31. The van der Waals surface area contributed by atoms with Crippen molar-refractivity contribution in [1.29, 1.82) is 0 Å². The molecule has 2 aliphatic rings. The molecule has 1 saturated carbocycles. The third-order valence-electron chi connectivity index (χ3n) is 5.32. The zero-order chi connectivity index (χ0) is 18.7. The van der Waals surface area contributed by atoms with Gasteiger partial charge in [-0.2, -0.15) is 12.7 Å². The fraction of sp³-hybridized carbons (Fsp3) is 0.611. The molecule has 1 atom stereocenters. The summed E-state index contributed by atoms with van der Waals surface area (Å²) in [5, 5.41) is 3.07. The molecular weight excluding hydrogens is 357 g/mol. The van der Waals surface area contributed by atoms with Crippen molar-refractivity contribution in [1.82, 2.24) is 9.62 Å². The standard InChI is InChI=1S/C18H26FN3O3S/c1-21(17-10-8-15(19)9-11-17)26(24,25)22-12-4-5-14(13-22)18(23)20-16-6-2-3-7-16/h8-11,14,16H,2-7,12-13H2,1H3,(H,20,23)/t14-/m1/s1. The highest BCUT2D eigenvalue weighted by molar-refractivity contribution is 7.90. The largest absolute Gasteiger partial charge is 0.353 e. The molecule has 0 unspecified atom stereocenters. The van der Waals surface area contributed by atoms with Gasteiger partial charge in [-0.25, -0.2) is 4.39 Å². The Bertz CT molecular complexity index is 733. The Balaban J connectivity index is 1.67. The number of piperidine rings is 1. The molecule has 3 rings (SSSR count). The predicted molar refractivity (Wildman–Crippen MR) is 98.4 cm³/mol. The molecule has 0 spiro atoms. The van der Waals surface area contributed by atoms with E-state index >= 15 is 0 Å². The van der Waals surface area contributed by atoms with Gasteiger partial charge in [-0.05, 0) is 49.9 Å². The Morgan fingerprint density at radius 2 is 1.81 bits per heavy atom. The van der Waals surface area contributed by atoms with E-state index in [0.29, 0.717) is 25.1 Å². The van der Waals surface area contributed by atoms with Crippen LogP contribution in [-0.4, -0.2) is 44.8 Å². The van der Waals surface area contributed by atoms with Gasteiger partial charge in [-0.15, -0.1) is 0 Å². The maximum Gasteiger partial charge on any atom is 0.303 e. The Morgan fingerprint density at radius 1 is 1.15 bits per heavy atom. The molecule has 26 heavy (non-hydrogen) atoms. The third-order valence-corrected chi connectivity index (χ3v) is 7.21. The van der Waals surface area contributed by atoms with Crippen LogP contribution in [0.25, 0.3) is 0 Å². The lowest BCUT2D eigenvalue weighted by molar-refractivity contribution is -0.126. The number of hydrogen-bond donors (Lipinski definition) is 1. The summed E-state index contributed by atoms with van der Waals surface area (Å²) in [6.07, 6.45) is 5.64. The minimum Gasteiger partial charge on any atom is -0.353 e. The first kappa shape index (κ1) is 19.1. The van der Waals surface area contributed by atoms with Crippen molar-refractivity contribution >= 4 is 21.8 Å². The Morgan fingerprint density at radius 3 is 2.46 bits per heavy atom. The molecule has 1 saturated heterocycles. The molecule has 0 radical (unpaired) electrons. The lowest BCUT2D eigenvalue weighted by atomic mass is 9.98. The molecule has 1 aliphatic heterocycles. The van der Waals surface area contributed by atoms with Crippen LogP contribution in [0.2, 0.25) is 0 Å². The van der Waals surface area contributed by atoms with Crippen LogP contribution >= 0.6 is 0 Å². The number of rotatable bonds is 5. The van der Waals surface area contributed by atoms with Crippen LogP contribution in [-0.2, 0) is 15.0 Å². The predicted octanol–water partition coefficient (Wildman–Crippen LogP) is 2.28. The highest BCUT2D eigenvalue weighted by Crippen LogP contribution is 2.25. The van der Waals surface area contributed by atoms with Gasteiger partial charge in [0.05, 0.1) is 11.6 Å². The van der Waals surface area contributed by atoms with Crippen molar-refractivity contribution in [2.24, 2.45) is 5.92 Å².